The van der Waals surface area contributed by atoms with Gasteiger partial charge in [0.05, 0.1) is 0 Å². The molecule has 1 aliphatic rings. The molecule has 2 aromatic heterocycles. The van der Waals surface area contributed by atoms with E-state index in [0.29, 0.717) is 24.8 Å². The topological polar surface area (TPSA) is 75.9 Å². The Labute approximate surface area is 183 Å². The van der Waals surface area contributed by atoms with Crippen molar-refractivity contribution >= 4 is 11.7 Å². The number of imidazole rings is 1. The van der Waals surface area contributed by atoms with Gasteiger partial charge in [0, 0.05) is 44.1 Å². The number of hydrogen-bond donors (Lipinski definition) is 1. The van der Waals surface area contributed by atoms with E-state index in [9.17, 15) is 4.79 Å². The van der Waals surface area contributed by atoms with Crippen molar-refractivity contribution in [1.29, 1.82) is 0 Å². The van der Waals surface area contributed by atoms with Crippen LogP contribution in [0.1, 0.15) is 50.5 Å². The Morgan fingerprint density at radius 1 is 1.19 bits per heavy atom. The lowest BCUT2D eigenvalue weighted by Crippen LogP contribution is -2.43. The smallest absolute Gasteiger partial charge is 0.236 e. The Bertz CT molecular complexity index is 959. The Morgan fingerprint density at radius 2 is 2.06 bits per heavy atom. The van der Waals surface area contributed by atoms with Crippen LogP contribution < -0.4 is 10.2 Å². The molecule has 0 spiro atoms. The van der Waals surface area contributed by atoms with Crippen molar-refractivity contribution in [3.8, 4) is 5.95 Å². The average molecular weight is 419 g/mol. The first-order valence-corrected chi connectivity index (χ1v) is 11.1. The normalized spacial score (nSPS) is 17.3. The second-order valence-corrected chi connectivity index (χ2v) is 8.18. The molecule has 4 rings (SSSR count). The van der Waals surface area contributed by atoms with Crippen LogP contribution in [0.2, 0.25) is 0 Å². The first-order valence-electron chi connectivity index (χ1n) is 11.1. The van der Waals surface area contributed by atoms with Crippen LogP contribution in [0.3, 0.4) is 0 Å². The van der Waals surface area contributed by atoms with E-state index in [4.69, 9.17) is 4.98 Å². The number of rotatable bonds is 8. The summed E-state index contributed by atoms with van der Waals surface area (Å²) >= 11 is 0. The highest BCUT2D eigenvalue weighted by atomic mass is 16.1. The summed E-state index contributed by atoms with van der Waals surface area (Å²) in [6, 6.07) is 12.5. The molecule has 1 aliphatic heterocycles. The molecule has 1 N–H and O–H groups in total. The molecule has 7 nitrogen and oxygen atoms in total. The number of aromatic nitrogens is 4. The quantitative estimate of drug-likeness (QED) is 0.603. The predicted molar refractivity (Wildman–Crippen MR) is 121 cm³/mol. The molecular weight excluding hydrogens is 388 g/mol. The van der Waals surface area contributed by atoms with E-state index in [1.54, 1.807) is 23.3 Å². The molecule has 1 amide bonds. The van der Waals surface area contributed by atoms with Crippen LogP contribution in [-0.4, -0.2) is 44.6 Å². The molecule has 1 saturated heterocycles. The van der Waals surface area contributed by atoms with Gasteiger partial charge < -0.3 is 10.2 Å². The van der Waals surface area contributed by atoms with Gasteiger partial charge in [-0.15, -0.1) is 0 Å². The van der Waals surface area contributed by atoms with Gasteiger partial charge in [0.1, 0.15) is 12.1 Å². The molecule has 162 valence electrons. The number of amides is 1. The van der Waals surface area contributed by atoms with Crippen LogP contribution in [0.15, 0.2) is 61.3 Å². The molecule has 1 aromatic carbocycles. The highest BCUT2D eigenvalue weighted by Gasteiger charge is 2.26. The van der Waals surface area contributed by atoms with Crippen molar-refractivity contribution < 1.29 is 4.79 Å². The summed E-state index contributed by atoms with van der Waals surface area (Å²) in [4.78, 5) is 28.1. The first kappa shape index (κ1) is 21.0. The van der Waals surface area contributed by atoms with Gasteiger partial charge >= 0.3 is 0 Å². The van der Waals surface area contributed by atoms with Gasteiger partial charge in [-0.3, -0.25) is 9.36 Å². The van der Waals surface area contributed by atoms with Gasteiger partial charge in [-0.2, -0.15) is 4.98 Å². The fourth-order valence-corrected chi connectivity index (χ4v) is 4.18. The van der Waals surface area contributed by atoms with Crippen LogP contribution in [0, 0.1) is 0 Å². The number of piperidine rings is 1. The summed E-state index contributed by atoms with van der Waals surface area (Å²) in [5.74, 6) is 2.00. The summed E-state index contributed by atoms with van der Waals surface area (Å²) in [6.07, 6.45) is 11.7. The molecule has 31 heavy (non-hydrogen) atoms. The summed E-state index contributed by atoms with van der Waals surface area (Å²) in [5, 5.41) is 3.13. The first-order chi connectivity index (χ1) is 15.2. The van der Waals surface area contributed by atoms with Gasteiger partial charge in [-0.05, 0) is 43.2 Å². The number of carbonyl (C=O) groups excluding carboxylic acids is 1. The Kier molecular flexibility index (Phi) is 6.92. The standard InChI is InChI=1S/C24H30N6O/c1-19(20-7-3-2-4-8-20)10-12-26-23(31)17-21-9-5-6-15-30(21)22-11-13-27-24(28-22)29-16-14-25-18-29/h2-4,7-8,11,13-14,16,18-19,21H,5-6,9-10,12,15,17H2,1H3,(H,26,31). The van der Waals surface area contributed by atoms with Gasteiger partial charge in [0.2, 0.25) is 11.9 Å². The zero-order valence-electron chi connectivity index (χ0n) is 18.0. The third-order valence-corrected chi connectivity index (χ3v) is 5.97. The van der Waals surface area contributed by atoms with Crippen molar-refractivity contribution in [3.05, 3.63) is 66.9 Å². The van der Waals surface area contributed by atoms with Crippen LogP contribution in [0.25, 0.3) is 5.95 Å². The molecule has 0 saturated carbocycles. The molecule has 0 aliphatic carbocycles. The molecule has 0 radical (unpaired) electrons. The average Bonchev–Trinajstić information content (AvgIpc) is 3.35. The molecule has 2 unspecified atom stereocenters. The Balaban J connectivity index is 1.33. The monoisotopic (exact) mass is 418 g/mol. The lowest BCUT2D eigenvalue weighted by molar-refractivity contribution is -0.121. The summed E-state index contributed by atoms with van der Waals surface area (Å²) in [5.41, 5.74) is 1.31. The van der Waals surface area contributed by atoms with Crippen molar-refractivity contribution in [2.75, 3.05) is 18.0 Å². The van der Waals surface area contributed by atoms with Gasteiger partial charge in [0.25, 0.3) is 0 Å². The van der Waals surface area contributed by atoms with Crippen molar-refractivity contribution in [2.45, 2.75) is 51.0 Å². The minimum absolute atomic E-state index is 0.112. The minimum atomic E-state index is 0.112. The molecule has 0 bridgehead atoms. The number of anilines is 1. The third-order valence-electron chi connectivity index (χ3n) is 5.97. The van der Waals surface area contributed by atoms with E-state index in [2.05, 4.69) is 51.4 Å². The maximum absolute atomic E-state index is 12.7. The second-order valence-electron chi connectivity index (χ2n) is 8.18. The van der Waals surface area contributed by atoms with E-state index >= 15 is 0 Å². The predicted octanol–water partition coefficient (Wildman–Crippen LogP) is 3.72. The largest absolute Gasteiger partial charge is 0.356 e. The third kappa shape index (κ3) is 5.48. The van der Waals surface area contributed by atoms with E-state index in [0.717, 1.165) is 38.0 Å². The number of hydrogen-bond acceptors (Lipinski definition) is 5. The molecule has 3 aromatic rings. The van der Waals surface area contributed by atoms with Crippen LogP contribution in [0.5, 0.6) is 0 Å². The zero-order valence-corrected chi connectivity index (χ0v) is 18.0. The van der Waals surface area contributed by atoms with Crippen molar-refractivity contribution in [1.82, 2.24) is 24.8 Å². The minimum Gasteiger partial charge on any atom is -0.356 e. The highest BCUT2D eigenvalue weighted by Crippen LogP contribution is 2.25. The van der Waals surface area contributed by atoms with E-state index in [1.165, 1.54) is 5.56 Å². The molecule has 7 heteroatoms. The lowest BCUT2D eigenvalue weighted by atomic mass is 9.97. The molecule has 2 atom stereocenters. The Morgan fingerprint density at radius 3 is 2.87 bits per heavy atom. The molecule has 3 heterocycles. The summed E-state index contributed by atoms with van der Waals surface area (Å²) in [7, 11) is 0. The van der Waals surface area contributed by atoms with Gasteiger partial charge in [-0.1, -0.05) is 37.3 Å². The van der Waals surface area contributed by atoms with Crippen molar-refractivity contribution in [2.24, 2.45) is 0 Å². The number of benzene rings is 1. The van der Waals surface area contributed by atoms with Crippen LogP contribution in [0.4, 0.5) is 5.82 Å². The van der Waals surface area contributed by atoms with Crippen molar-refractivity contribution in [3.63, 3.8) is 0 Å². The Hall–Kier alpha value is -3.22. The van der Waals surface area contributed by atoms with Crippen LogP contribution >= 0.6 is 0 Å². The maximum atomic E-state index is 12.7. The molecular formula is C24H30N6O. The number of carbonyl (C=O) groups is 1. The SMILES string of the molecule is CC(CCNC(=O)CC1CCCCN1c1ccnc(-n2ccnc2)n1)c1ccccc1. The van der Waals surface area contributed by atoms with E-state index in [-0.39, 0.29) is 11.9 Å². The summed E-state index contributed by atoms with van der Waals surface area (Å²) < 4.78 is 1.79. The fraction of sp³-hybridized carbons (Fsp3) is 0.417. The molecule has 1 fully saturated rings. The summed E-state index contributed by atoms with van der Waals surface area (Å²) in [6.45, 7) is 3.81. The highest BCUT2D eigenvalue weighted by molar-refractivity contribution is 5.77. The van der Waals surface area contributed by atoms with Crippen LogP contribution in [-0.2, 0) is 4.79 Å². The van der Waals surface area contributed by atoms with Gasteiger partial charge in [-0.25, -0.2) is 9.97 Å². The zero-order chi connectivity index (χ0) is 21.5. The van der Waals surface area contributed by atoms with Gasteiger partial charge in [0.15, 0.2) is 0 Å². The van der Waals surface area contributed by atoms with E-state index < -0.39 is 0 Å². The lowest BCUT2D eigenvalue weighted by Gasteiger charge is -2.36. The number of nitrogens with one attached hydrogen (secondary N) is 1. The maximum Gasteiger partial charge on any atom is 0.236 e. The second kappa shape index (κ2) is 10.2. The fourth-order valence-electron chi connectivity index (χ4n) is 4.18. The number of nitrogens with zero attached hydrogens (tertiary/aromatic N) is 5. The van der Waals surface area contributed by atoms with E-state index in [1.807, 2.05) is 18.3 Å².